The average Bonchev–Trinajstić information content (AvgIpc) is 3.50. The summed E-state index contributed by atoms with van der Waals surface area (Å²) in [4.78, 5) is 48.3. The number of benzene rings is 1. The van der Waals surface area contributed by atoms with Gasteiger partial charge in [-0.3, -0.25) is 18.7 Å². The predicted octanol–water partition coefficient (Wildman–Crippen LogP) is 3.86. The van der Waals surface area contributed by atoms with Crippen LogP contribution in [0.2, 0.25) is 0 Å². The molecule has 1 aliphatic heterocycles. The fraction of sp³-hybridized carbons (Fsp3) is 0.393. The molecule has 0 unspecified atom stereocenters. The molecule has 6 rings (SSSR count). The van der Waals surface area contributed by atoms with Gasteiger partial charge >= 0.3 is 5.69 Å². The monoisotopic (exact) mass is 548 g/mol. The SMILES string of the molecule is O=C(NC1CCC(n2c(=O)c3cc(F)cnc3n(C3CCSCC3)c2=O)CC1)c1ccc(-n2ccnc2)cc1. The lowest BCUT2D eigenvalue weighted by molar-refractivity contribution is 0.0922. The Hall–Kier alpha value is -3.73. The van der Waals surface area contributed by atoms with Crippen LogP contribution < -0.4 is 16.6 Å². The molecular weight excluding hydrogens is 519 g/mol. The molecule has 3 aromatic heterocycles. The minimum atomic E-state index is -0.597. The number of hydrogen-bond donors (Lipinski definition) is 1. The van der Waals surface area contributed by atoms with Crippen molar-refractivity contribution in [2.45, 2.75) is 56.7 Å². The normalized spacial score (nSPS) is 20.2. The van der Waals surface area contributed by atoms with E-state index in [9.17, 15) is 18.8 Å². The molecular formula is C28H29FN6O3S. The van der Waals surface area contributed by atoms with Gasteiger partial charge in [-0.2, -0.15) is 11.8 Å². The van der Waals surface area contributed by atoms with Crippen LogP contribution in [0.4, 0.5) is 4.39 Å². The largest absolute Gasteiger partial charge is 0.349 e. The Balaban J connectivity index is 1.20. The first kappa shape index (κ1) is 25.5. The lowest BCUT2D eigenvalue weighted by atomic mass is 9.90. The van der Waals surface area contributed by atoms with Crippen LogP contribution in [0.3, 0.4) is 0 Å². The van der Waals surface area contributed by atoms with Crippen molar-refractivity contribution in [3.8, 4) is 5.69 Å². The zero-order valence-electron chi connectivity index (χ0n) is 21.3. The lowest BCUT2D eigenvalue weighted by Gasteiger charge is -2.31. The second-order valence-corrected chi connectivity index (χ2v) is 11.4. The standard InChI is InChI=1S/C28H29FN6O3S/c29-19-15-24-25(31-16-19)34(23-9-13-39-14-10-23)28(38)35(27(24)37)22-7-3-20(4-8-22)32-26(36)18-1-5-21(6-2-18)33-12-11-30-17-33/h1-2,5-6,11-12,15-17,20,22-23H,3-4,7-10,13-14H2,(H,32,36). The summed E-state index contributed by atoms with van der Waals surface area (Å²) in [5, 5.41) is 3.24. The fourth-order valence-electron chi connectivity index (χ4n) is 5.74. The minimum absolute atomic E-state index is 0.0602. The molecule has 39 heavy (non-hydrogen) atoms. The number of imidazole rings is 1. The first-order chi connectivity index (χ1) is 19.0. The molecule has 2 fully saturated rings. The Bertz CT molecular complexity index is 1600. The molecule has 1 saturated heterocycles. The van der Waals surface area contributed by atoms with Gasteiger partial charge in [-0.15, -0.1) is 0 Å². The van der Waals surface area contributed by atoms with Gasteiger partial charge < -0.3 is 9.88 Å². The third-order valence-electron chi connectivity index (χ3n) is 7.81. The molecule has 1 amide bonds. The van der Waals surface area contributed by atoms with Crippen molar-refractivity contribution >= 4 is 28.7 Å². The van der Waals surface area contributed by atoms with E-state index in [2.05, 4.69) is 15.3 Å². The Morgan fingerprint density at radius 1 is 0.974 bits per heavy atom. The Morgan fingerprint density at radius 2 is 1.69 bits per heavy atom. The van der Waals surface area contributed by atoms with Crippen molar-refractivity contribution in [1.29, 1.82) is 0 Å². The van der Waals surface area contributed by atoms with Crippen molar-refractivity contribution in [2.24, 2.45) is 0 Å². The zero-order valence-corrected chi connectivity index (χ0v) is 22.1. The molecule has 0 spiro atoms. The van der Waals surface area contributed by atoms with Crippen molar-refractivity contribution in [1.82, 2.24) is 29.0 Å². The van der Waals surface area contributed by atoms with Crippen LogP contribution >= 0.6 is 11.8 Å². The van der Waals surface area contributed by atoms with Crippen molar-refractivity contribution in [3.63, 3.8) is 0 Å². The molecule has 4 aromatic rings. The third-order valence-corrected chi connectivity index (χ3v) is 8.86. The second-order valence-electron chi connectivity index (χ2n) is 10.2. The number of rotatable bonds is 5. The van der Waals surface area contributed by atoms with Crippen LogP contribution in [-0.2, 0) is 0 Å². The summed E-state index contributed by atoms with van der Waals surface area (Å²) in [6.45, 7) is 0. The summed E-state index contributed by atoms with van der Waals surface area (Å²) >= 11 is 1.84. The number of thioether (sulfide) groups is 1. The second kappa shape index (κ2) is 10.8. The molecule has 9 nitrogen and oxygen atoms in total. The number of carbonyl (C=O) groups is 1. The predicted molar refractivity (Wildman–Crippen MR) is 148 cm³/mol. The fourth-order valence-corrected chi connectivity index (χ4v) is 6.82. The van der Waals surface area contributed by atoms with Gasteiger partial charge in [0.15, 0.2) is 0 Å². The molecule has 0 radical (unpaired) electrons. The minimum Gasteiger partial charge on any atom is -0.349 e. The number of amides is 1. The summed E-state index contributed by atoms with van der Waals surface area (Å²) in [6, 6.07) is 8.05. The first-order valence-electron chi connectivity index (χ1n) is 13.3. The van der Waals surface area contributed by atoms with E-state index in [-0.39, 0.29) is 40.8 Å². The highest BCUT2D eigenvalue weighted by molar-refractivity contribution is 7.99. The smallest absolute Gasteiger partial charge is 0.333 e. The van der Waals surface area contributed by atoms with E-state index >= 15 is 0 Å². The Labute approximate surface area is 228 Å². The van der Waals surface area contributed by atoms with Gasteiger partial charge in [-0.25, -0.2) is 19.2 Å². The van der Waals surface area contributed by atoms with E-state index < -0.39 is 11.4 Å². The van der Waals surface area contributed by atoms with Gasteiger partial charge in [-0.1, -0.05) is 0 Å². The maximum absolute atomic E-state index is 14.1. The van der Waals surface area contributed by atoms with Crippen LogP contribution in [0, 0.1) is 5.82 Å². The number of hydrogen-bond acceptors (Lipinski definition) is 6. The highest BCUT2D eigenvalue weighted by atomic mass is 32.2. The van der Waals surface area contributed by atoms with Crippen LogP contribution in [0.1, 0.15) is 61.0 Å². The number of aromatic nitrogens is 5. The van der Waals surface area contributed by atoms with Crippen molar-refractivity contribution in [3.05, 3.63) is 87.5 Å². The van der Waals surface area contributed by atoms with Gasteiger partial charge in [0, 0.05) is 41.8 Å². The summed E-state index contributed by atoms with van der Waals surface area (Å²) in [5.74, 6) is 1.10. The number of halogens is 1. The Kier molecular flexibility index (Phi) is 7.07. The van der Waals surface area contributed by atoms with E-state index in [0.29, 0.717) is 31.2 Å². The van der Waals surface area contributed by atoms with Crippen LogP contribution in [0.15, 0.2) is 64.8 Å². The first-order valence-corrected chi connectivity index (χ1v) is 14.4. The van der Waals surface area contributed by atoms with Crippen molar-refractivity contribution < 1.29 is 9.18 Å². The van der Waals surface area contributed by atoms with E-state index in [1.165, 1.54) is 10.6 Å². The molecule has 1 saturated carbocycles. The summed E-state index contributed by atoms with van der Waals surface area (Å²) in [5.41, 5.74) is 0.885. The summed E-state index contributed by atoms with van der Waals surface area (Å²) < 4.78 is 18.9. The van der Waals surface area contributed by atoms with Gasteiger partial charge in [0.2, 0.25) is 0 Å². The molecule has 11 heteroatoms. The van der Waals surface area contributed by atoms with Crippen LogP contribution in [-0.4, -0.2) is 47.1 Å². The molecule has 1 aromatic carbocycles. The Morgan fingerprint density at radius 3 is 2.38 bits per heavy atom. The number of pyridine rings is 1. The van der Waals surface area contributed by atoms with E-state index in [0.717, 1.165) is 36.2 Å². The van der Waals surface area contributed by atoms with E-state index in [4.69, 9.17) is 0 Å². The number of nitrogens with zero attached hydrogens (tertiary/aromatic N) is 5. The number of nitrogens with one attached hydrogen (secondary N) is 1. The van der Waals surface area contributed by atoms with E-state index in [1.807, 2.05) is 34.7 Å². The highest BCUT2D eigenvalue weighted by Gasteiger charge is 2.29. The van der Waals surface area contributed by atoms with Gasteiger partial charge in [0.1, 0.15) is 11.5 Å². The lowest BCUT2D eigenvalue weighted by Crippen LogP contribution is -2.46. The molecule has 1 aliphatic carbocycles. The average molecular weight is 549 g/mol. The maximum Gasteiger partial charge on any atom is 0.333 e. The van der Waals surface area contributed by atoms with E-state index in [1.54, 1.807) is 29.2 Å². The topological polar surface area (TPSA) is 104 Å². The third kappa shape index (κ3) is 5.03. The van der Waals surface area contributed by atoms with Crippen LogP contribution in [0.5, 0.6) is 0 Å². The summed E-state index contributed by atoms with van der Waals surface area (Å²) in [7, 11) is 0. The highest BCUT2D eigenvalue weighted by Crippen LogP contribution is 2.30. The van der Waals surface area contributed by atoms with Gasteiger partial charge in [0.25, 0.3) is 11.5 Å². The quantitative estimate of drug-likeness (QED) is 0.406. The molecule has 4 heterocycles. The number of fused-ring (bicyclic) bond motifs is 1. The number of carbonyl (C=O) groups excluding carboxylic acids is 1. The van der Waals surface area contributed by atoms with Crippen molar-refractivity contribution in [2.75, 3.05) is 11.5 Å². The molecule has 0 atom stereocenters. The molecule has 1 N–H and O–H groups in total. The molecule has 2 aliphatic rings. The molecule has 202 valence electrons. The summed E-state index contributed by atoms with van der Waals surface area (Å²) in [6.07, 6.45) is 10.3. The van der Waals surface area contributed by atoms with Gasteiger partial charge in [0.05, 0.1) is 17.9 Å². The maximum atomic E-state index is 14.1. The van der Waals surface area contributed by atoms with Crippen LogP contribution in [0.25, 0.3) is 16.7 Å². The van der Waals surface area contributed by atoms with Gasteiger partial charge in [-0.05, 0) is 80.4 Å². The zero-order chi connectivity index (χ0) is 26.9. The molecule has 0 bridgehead atoms.